The third-order valence-electron chi connectivity index (χ3n) is 1.99. The summed E-state index contributed by atoms with van der Waals surface area (Å²) < 4.78 is 5.34. The molecule has 0 aliphatic rings. The van der Waals surface area contributed by atoms with Crippen LogP contribution in [0.1, 0.15) is 18.9 Å². The maximum atomic E-state index is 9.27. The fraction of sp³-hybridized carbons (Fsp3) is 0.455. The largest absolute Gasteiger partial charge is 0.491 e. The molecular formula is C11H16O3. The van der Waals surface area contributed by atoms with Crippen molar-refractivity contribution in [3.05, 3.63) is 29.8 Å². The second-order valence-electron chi connectivity index (χ2n) is 3.18. The van der Waals surface area contributed by atoms with Gasteiger partial charge in [0, 0.05) is 0 Å². The van der Waals surface area contributed by atoms with Crippen LogP contribution in [0.4, 0.5) is 0 Å². The van der Waals surface area contributed by atoms with E-state index in [1.807, 2.05) is 25.1 Å². The highest BCUT2D eigenvalue weighted by atomic mass is 16.5. The van der Waals surface area contributed by atoms with E-state index in [4.69, 9.17) is 9.84 Å². The average Bonchev–Trinajstić information content (AvgIpc) is 2.26. The van der Waals surface area contributed by atoms with Gasteiger partial charge in [0.25, 0.3) is 0 Å². The number of aliphatic hydroxyl groups excluding tert-OH is 2. The Hall–Kier alpha value is -1.06. The summed E-state index contributed by atoms with van der Waals surface area (Å²) in [6.07, 6.45) is 0.257. The number of aliphatic hydroxyl groups is 2. The normalized spacial score (nSPS) is 12.5. The van der Waals surface area contributed by atoms with Gasteiger partial charge in [0.1, 0.15) is 12.4 Å². The second-order valence-corrected chi connectivity index (χ2v) is 3.18. The summed E-state index contributed by atoms with van der Waals surface area (Å²) >= 11 is 0. The first kappa shape index (κ1) is 11.0. The highest BCUT2D eigenvalue weighted by Gasteiger charge is 2.01. The summed E-state index contributed by atoms with van der Waals surface area (Å²) in [7, 11) is 0. The van der Waals surface area contributed by atoms with Crippen molar-refractivity contribution in [2.45, 2.75) is 26.1 Å². The Bertz CT molecular complexity index is 273. The molecule has 0 saturated heterocycles. The molecule has 0 fully saturated rings. The Morgan fingerprint density at radius 1 is 1.43 bits per heavy atom. The summed E-state index contributed by atoms with van der Waals surface area (Å²) in [5, 5.41) is 18.2. The van der Waals surface area contributed by atoms with Gasteiger partial charge in [0.2, 0.25) is 0 Å². The van der Waals surface area contributed by atoms with E-state index in [0.717, 1.165) is 5.56 Å². The van der Waals surface area contributed by atoms with Crippen LogP contribution in [-0.2, 0) is 6.61 Å². The van der Waals surface area contributed by atoms with Crippen molar-refractivity contribution < 1.29 is 14.9 Å². The molecule has 0 aromatic heterocycles. The molecule has 78 valence electrons. The smallest absolute Gasteiger partial charge is 0.119 e. The Kier molecular flexibility index (Phi) is 4.43. The van der Waals surface area contributed by atoms with E-state index in [1.54, 1.807) is 6.07 Å². The fourth-order valence-electron chi connectivity index (χ4n) is 1.04. The van der Waals surface area contributed by atoms with Gasteiger partial charge in [-0.05, 0) is 24.1 Å². The van der Waals surface area contributed by atoms with Crippen LogP contribution < -0.4 is 4.74 Å². The van der Waals surface area contributed by atoms with Crippen LogP contribution in [0, 0.1) is 0 Å². The standard InChI is InChI=1S/C11H16O3/c1-2-10(13)8-14-11-5-3-4-9(6-11)7-12/h3-6,10,12-13H,2,7-8H2,1H3. The molecule has 1 aromatic rings. The van der Waals surface area contributed by atoms with Crippen LogP contribution in [0.2, 0.25) is 0 Å². The van der Waals surface area contributed by atoms with Gasteiger partial charge in [-0.25, -0.2) is 0 Å². The Morgan fingerprint density at radius 2 is 2.21 bits per heavy atom. The molecule has 14 heavy (non-hydrogen) atoms. The molecule has 0 saturated carbocycles. The maximum Gasteiger partial charge on any atom is 0.119 e. The predicted molar refractivity (Wildman–Crippen MR) is 54.2 cm³/mol. The third-order valence-corrected chi connectivity index (χ3v) is 1.99. The lowest BCUT2D eigenvalue weighted by Crippen LogP contribution is -2.15. The lowest BCUT2D eigenvalue weighted by atomic mass is 10.2. The van der Waals surface area contributed by atoms with Crippen LogP contribution in [0.5, 0.6) is 5.75 Å². The molecule has 0 bridgehead atoms. The van der Waals surface area contributed by atoms with Crippen molar-refractivity contribution in [1.29, 1.82) is 0 Å². The van der Waals surface area contributed by atoms with Crippen molar-refractivity contribution in [2.75, 3.05) is 6.61 Å². The van der Waals surface area contributed by atoms with Crippen molar-refractivity contribution >= 4 is 0 Å². The van der Waals surface area contributed by atoms with Gasteiger partial charge in [-0.2, -0.15) is 0 Å². The van der Waals surface area contributed by atoms with E-state index < -0.39 is 6.10 Å². The molecule has 1 atom stereocenters. The molecule has 3 heteroatoms. The lowest BCUT2D eigenvalue weighted by Gasteiger charge is -2.10. The zero-order chi connectivity index (χ0) is 10.4. The quantitative estimate of drug-likeness (QED) is 0.747. The van der Waals surface area contributed by atoms with Crippen molar-refractivity contribution in [3.63, 3.8) is 0 Å². The van der Waals surface area contributed by atoms with Crippen molar-refractivity contribution in [2.24, 2.45) is 0 Å². The van der Waals surface area contributed by atoms with Crippen molar-refractivity contribution in [1.82, 2.24) is 0 Å². The molecular weight excluding hydrogens is 180 g/mol. The van der Waals surface area contributed by atoms with E-state index >= 15 is 0 Å². The predicted octanol–water partition coefficient (Wildman–Crippen LogP) is 1.33. The molecule has 0 spiro atoms. The van der Waals surface area contributed by atoms with Gasteiger partial charge < -0.3 is 14.9 Å². The molecule has 0 radical (unpaired) electrons. The lowest BCUT2D eigenvalue weighted by molar-refractivity contribution is 0.104. The zero-order valence-electron chi connectivity index (χ0n) is 8.31. The number of rotatable bonds is 5. The minimum Gasteiger partial charge on any atom is -0.491 e. The van der Waals surface area contributed by atoms with E-state index in [-0.39, 0.29) is 6.61 Å². The molecule has 1 unspecified atom stereocenters. The first-order valence-corrected chi connectivity index (χ1v) is 4.77. The van der Waals surface area contributed by atoms with Gasteiger partial charge in [-0.1, -0.05) is 19.1 Å². The summed E-state index contributed by atoms with van der Waals surface area (Å²) in [5.74, 6) is 0.684. The SMILES string of the molecule is CCC(O)COc1cccc(CO)c1. The van der Waals surface area contributed by atoms with Gasteiger partial charge in [-0.15, -0.1) is 0 Å². The Labute approximate surface area is 84.0 Å². The molecule has 0 aliphatic carbocycles. The average molecular weight is 196 g/mol. The van der Waals surface area contributed by atoms with E-state index in [2.05, 4.69) is 0 Å². The summed E-state index contributed by atoms with van der Waals surface area (Å²) in [6.45, 7) is 2.21. The van der Waals surface area contributed by atoms with E-state index in [0.29, 0.717) is 18.8 Å². The minimum atomic E-state index is -0.423. The van der Waals surface area contributed by atoms with Gasteiger partial charge >= 0.3 is 0 Å². The fourth-order valence-corrected chi connectivity index (χ4v) is 1.04. The second kappa shape index (κ2) is 5.62. The van der Waals surface area contributed by atoms with E-state index in [9.17, 15) is 5.11 Å². The Morgan fingerprint density at radius 3 is 2.86 bits per heavy atom. The highest BCUT2D eigenvalue weighted by Crippen LogP contribution is 2.13. The maximum absolute atomic E-state index is 9.27. The van der Waals surface area contributed by atoms with Crippen LogP contribution in [-0.4, -0.2) is 22.9 Å². The summed E-state index contributed by atoms with van der Waals surface area (Å²) in [4.78, 5) is 0. The molecule has 0 aliphatic heterocycles. The zero-order valence-corrected chi connectivity index (χ0v) is 8.31. The third kappa shape index (κ3) is 3.36. The summed E-state index contributed by atoms with van der Waals surface area (Å²) in [5.41, 5.74) is 0.813. The molecule has 0 amide bonds. The van der Waals surface area contributed by atoms with Crippen molar-refractivity contribution in [3.8, 4) is 5.75 Å². The molecule has 1 rings (SSSR count). The van der Waals surface area contributed by atoms with Crippen LogP contribution in [0.15, 0.2) is 24.3 Å². The first-order chi connectivity index (χ1) is 6.76. The van der Waals surface area contributed by atoms with Gasteiger partial charge in [0.15, 0.2) is 0 Å². The van der Waals surface area contributed by atoms with Crippen LogP contribution >= 0.6 is 0 Å². The van der Waals surface area contributed by atoms with Gasteiger partial charge in [0.05, 0.1) is 12.7 Å². The minimum absolute atomic E-state index is 0.00747. The first-order valence-electron chi connectivity index (χ1n) is 4.77. The monoisotopic (exact) mass is 196 g/mol. The number of ether oxygens (including phenoxy) is 1. The molecule has 0 heterocycles. The van der Waals surface area contributed by atoms with E-state index in [1.165, 1.54) is 0 Å². The molecule has 2 N–H and O–H groups in total. The van der Waals surface area contributed by atoms with Crippen LogP contribution in [0.25, 0.3) is 0 Å². The molecule has 3 nitrogen and oxygen atoms in total. The highest BCUT2D eigenvalue weighted by molar-refractivity contribution is 5.27. The summed E-state index contributed by atoms with van der Waals surface area (Å²) in [6, 6.07) is 7.21. The molecule has 1 aromatic carbocycles. The number of hydrogen-bond acceptors (Lipinski definition) is 3. The number of hydrogen-bond donors (Lipinski definition) is 2. The number of benzene rings is 1. The Balaban J connectivity index is 2.50. The van der Waals surface area contributed by atoms with Gasteiger partial charge in [-0.3, -0.25) is 0 Å². The topological polar surface area (TPSA) is 49.7 Å². The van der Waals surface area contributed by atoms with Crippen LogP contribution in [0.3, 0.4) is 0 Å².